The lowest BCUT2D eigenvalue weighted by Gasteiger charge is -2.20. The van der Waals surface area contributed by atoms with Gasteiger partial charge in [0.25, 0.3) is 0 Å². The topological polar surface area (TPSA) is 75.1 Å². The SMILES string of the molecule is COC(=O)c1cc(N=[N+]=[N-])c(C)c([B-](F)(F)F)c1. The third-order valence-corrected chi connectivity index (χ3v) is 2.35. The number of benzene rings is 1. The van der Waals surface area contributed by atoms with Crippen molar-refractivity contribution in [1.29, 1.82) is 0 Å². The van der Waals surface area contributed by atoms with Crippen LogP contribution in [0.5, 0.6) is 0 Å². The predicted molar refractivity (Wildman–Crippen MR) is 60.0 cm³/mol. The molecule has 1 rings (SSSR count). The van der Waals surface area contributed by atoms with E-state index in [0.717, 1.165) is 13.2 Å². The van der Waals surface area contributed by atoms with Gasteiger partial charge in [0.05, 0.1) is 12.7 Å². The molecule has 0 saturated heterocycles. The molecule has 0 fully saturated rings. The number of esters is 1. The lowest BCUT2D eigenvalue weighted by atomic mass is 9.76. The molecule has 96 valence electrons. The second-order valence-electron chi connectivity index (χ2n) is 3.47. The van der Waals surface area contributed by atoms with E-state index in [1.54, 1.807) is 0 Å². The summed E-state index contributed by atoms with van der Waals surface area (Å²) in [6, 6.07) is 1.75. The van der Waals surface area contributed by atoms with E-state index in [0.29, 0.717) is 6.07 Å². The maximum absolute atomic E-state index is 12.8. The zero-order chi connectivity index (χ0) is 13.9. The van der Waals surface area contributed by atoms with Gasteiger partial charge in [0.15, 0.2) is 0 Å². The van der Waals surface area contributed by atoms with E-state index in [1.165, 1.54) is 6.92 Å². The number of carbonyl (C=O) groups is 1. The first-order valence-electron chi connectivity index (χ1n) is 4.79. The number of carbonyl (C=O) groups excluding carboxylic acids is 1. The molecule has 0 heterocycles. The van der Waals surface area contributed by atoms with Gasteiger partial charge in [-0.1, -0.05) is 16.7 Å². The Morgan fingerprint density at radius 1 is 1.44 bits per heavy atom. The van der Waals surface area contributed by atoms with Crippen LogP contribution in [0.4, 0.5) is 18.6 Å². The maximum Gasteiger partial charge on any atom is 0.509 e. The van der Waals surface area contributed by atoms with Crippen LogP contribution in [0.1, 0.15) is 15.9 Å². The van der Waals surface area contributed by atoms with Crippen molar-refractivity contribution in [2.24, 2.45) is 5.11 Å². The molecule has 0 amide bonds. The van der Waals surface area contributed by atoms with Crippen molar-refractivity contribution < 1.29 is 22.5 Å². The molecule has 0 aliphatic carbocycles. The lowest BCUT2D eigenvalue weighted by molar-refractivity contribution is 0.0601. The zero-order valence-electron chi connectivity index (χ0n) is 9.52. The summed E-state index contributed by atoms with van der Waals surface area (Å²) in [5.41, 5.74) is 6.56. The minimum absolute atomic E-state index is 0.215. The summed E-state index contributed by atoms with van der Waals surface area (Å²) in [7, 11) is 1.05. The van der Waals surface area contributed by atoms with Crippen LogP contribution < -0.4 is 5.46 Å². The highest BCUT2D eigenvalue weighted by Crippen LogP contribution is 2.23. The molecule has 0 aromatic heterocycles. The summed E-state index contributed by atoms with van der Waals surface area (Å²) in [6.45, 7) is -4.13. The average molecular weight is 258 g/mol. The molecule has 18 heavy (non-hydrogen) atoms. The Bertz CT molecular complexity index is 539. The third-order valence-electron chi connectivity index (χ3n) is 2.35. The molecule has 0 radical (unpaired) electrons. The number of rotatable bonds is 3. The number of nitrogens with zero attached hydrogens (tertiary/aromatic N) is 3. The van der Waals surface area contributed by atoms with Crippen LogP contribution >= 0.6 is 0 Å². The Morgan fingerprint density at radius 2 is 2.06 bits per heavy atom. The van der Waals surface area contributed by atoms with Crippen molar-refractivity contribution in [3.8, 4) is 0 Å². The Labute approximate surface area is 100 Å². The van der Waals surface area contributed by atoms with Crippen LogP contribution in [0.15, 0.2) is 17.2 Å². The molecule has 0 atom stereocenters. The van der Waals surface area contributed by atoms with Crippen molar-refractivity contribution in [3.05, 3.63) is 33.7 Å². The smallest absolute Gasteiger partial charge is 0.465 e. The van der Waals surface area contributed by atoms with E-state index in [-0.39, 0.29) is 16.8 Å². The molecular formula is C9H8BF3N3O2-. The highest BCUT2D eigenvalue weighted by Gasteiger charge is 2.29. The summed E-state index contributed by atoms with van der Waals surface area (Å²) >= 11 is 0. The van der Waals surface area contributed by atoms with Gasteiger partial charge < -0.3 is 17.7 Å². The summed E-state index contributed by atoms with van der Waals surface area (Å²) < 4.78 is 42.7. The fraction of sp³-hybridized carbons (Fsp3) is 0.222. The van der Waals surface area contributed by atoms with Crippen molar-refractivity contribution in [3.63, 3.8) is 0 Å². The van der Waals surface area contributed by atoms with E-state index in [1.807, 2.05) is 0 Å². The zero-order valence-corrected chi connectivity index (χ0v) is 9.52. The highest BCUT2D eigenvalue weighted by atomic mass is 19.4. The van der Waals surface area contributed by atoms with Gasteiger partial charge in [-0.25, -0.2) is 4.79 Å². The molecule has 0 bridgehead atoms. The van der Waals surface area contributed by atoms with E-state index >= 15 is 0 Å². The number of hydrogen-bond donors (Lipinski definition) is 0. The van der Waals surface area contributed by atoms with Crippen molar-refractivity contribution in [2.45, 2.75) is 6.92 Å². The summed E-state index contributed by atoms with van der Waals surface area (Å²) in [6.07, 6.45) is 0. The van der Waals surface area contributed by atoms with Gasteiger partial charge in [-0.05, 0) is 18.5 Å². The van der Waals surface area contributed by atoms with Gasteiger partial charge in [0.2, 0.25) is 0 Å². The summed E-state index contributed by atoms with van der Waals surface area (Å²) in [5, 5.41) is 3.14. The fourth-order valence-electron chi connectivity index (χ4n) is 1.45. The second kappa shape index (κ2) is 5.01. The molecule has 0 N–H and O–H groups in total. The molecule has 0 aliphatic rings. The Kier molecular flexibility index (Phi) is 3.87. The summed E-state index contributed by atoms with van der Waals surface area (Å²) in [5.74, 6) is -0.925. The van der Waals surface area contributed by atoms with Crippen LogP contribution in [0.25, 0.3) is 10.4 Å². The number of hydrogen-bond acceptors (Lipinski definition) is 3. The van der Waals surface area contributed by atoms with E-state index in [9.17, 15) is 17.7 Å². The first kappa shape index (κ1) is 13.9. The molecule has 5 nitrogen and oxygen atoms in total. The van der Waals surface area contributed by atoms with Gasteiger partial charge >= 0.3 is 12.9 Å². The Balaban J connectivity index is 3.56. The number of halogens is 3. The first-order chi connectivity index (χ1) is 8.31. The molecular weight excluding hydrogens is 250 g/mol. The third kappa shape index (κ3) is 2.75. The van der Waals surface area contributed by atoms with Crippen molar-refractivity contribution >= 4 is 24.1 Å². The minimum Gasteiger partial charge on any atom is -0.465 e. The van der Waals surface area contributed by atoms with Crippen LogP contribution in [0.3, 0.4) is 0 Å². The second-order valence-corrected chi connectivity index (χ2v) is 3.47. The van der Waals surface area contributed by atoms with Gasteiger partial charge in [-0.3, -0.25) is 0 Å². The van der Waals surface area contributed by atoms with Gasteiger partial charge in [-0.2, -0.15) is 0 Å². The first-order valence-corrected chi connectivity index (χ1v) is 4.79. The fourth-order valence-corrected chi connectivity index (χ4v) is 1.45. The molecule has 0 aliphatic heterocycles. The van der Waals surface area contributed by atoms with Crippen molar-refractivity contribution in [1.82, 2.24) is 0 Å². The van der Waals surface area contributed by atoms with E-state index in [4.69, 9.17) is 5.53 Å². The predicted octanol–water partition coefficient (Wildman–Crippen LogP) is 2.78. The molecule has 9 heteroatoms. The Morgan fingerprint density at radius 3 is 2.50 bits per heavy atom. The molecule has 1 aromatic rings. The summed E-state index contributed by atoms with van der Waals surface area (Å²) in [4.78, 5) is 13.7. The highest BCUT2D eigenvalue weighted by molar-refractivity contribution is 6.74. The Hall–Kier alpha value is -2.15. The average Bonchev–Trinajstić information content (AvgIpc) is 2.29. The number of azide groups is 1. The van der Waals surface area contributed by atoms with E-state index < -0.39 is 18.4 Å². The normalized spacial score (nSPS) is 10.7. The maximum atomic E-state index is 12.8. The van der Waals surface area contributed by atoms with Crippen LogP contribution in [-0.2, 0) is 4.74 Å². The van der Waals surface area contributed by atoms with E-state index in [2.05, 4.69) is 14.8 Å². The molecule has 0 unspecified atom stereocenters. The van der Waals surface area contributed by atoms with Crippen molar-refractivity contribution in [2.75, 3.05) is 7.11 Å². The van der Waals surface area contributed by atoms with Gasteiger partial charge in [-0.15, -0.1) is 5.46 Å². The molecule has 0 saturated carbocycles. The number of methoxy groups -OCH3 is 1. The van der Waals surface area contributed by atoms with Gasteiger partial charge in [0.1, 0.15) is 0 Å². The standard InChI is InChI=1S/C9H8BF3N3O2/c1-5-7(10(11,12)13)3-6(9(17)18-2)4-8(5)15-16-14/h3-4H,1-2H3/q-1. The monoisotopic (exact) mass is 258 g/mol. The molecule has 0 spiro atoms. The number of ether oxygens (including phenoxy) is 1. The minimum atomic E-state index is -5.31. The lowest BCUT2D eigenvalue weighted by Crippen LogP contribution is -2.36. The van der Waals surface area contributed by atoms with Gasteiger partial charge in [0, 0.05) is 10.6 Å². The van der Waals surface area contributed by atoms with Crippen LogP contribution in [0.2, 0.25) is 0 Å². The van der Waals surface area contributed by atoms with Crippen LogP contribution in [0, 0.1) is 6.92 Å². The quantitative estimate of drug-likeness (QED) is 0.275. The van der Waals surface area contributed by atoms with Crippen LogP contribution in [-0.4, -0.2) is 20.1 Å². The largest absolute Gasteiger partial charge is 0.509 e. The molecule has 1 aromatic carbocycles.